The Balaban J connectivity index is 1.66. The summed E-state index contributed by atoms with van der Waals surface area (Å²) in [5, 5.41) is 3.61. The number of fused-ring (bicyclic) bond motifs is 1. The van der Waals surface area contributed by atoms with Crippen molar-refractivity contribution >= 4 is 28.5 Å². The molecule has 0 bridgehead atoms. The van der Waals surface area contributed by atoms with E-state index in [4.69, 9.17) is 9.15 Å². The lowest BCUT2D eigenvalue weighted by atomic mass is 9.99. The molecule has 2 aromatic carbocycles. The number of furan rings is 1. The van der Waals surface area contributed by atoms with Gasteiger partial charge >= 0.3 is 0 Å². The Hall–Kier alpha value is -3.28. The average Bonchev–Trinajstić information content (AvgIpc) is 3.12. The fourth-order valence-corrected chi connectivity index (χ4v) is 3.60. The predicted molar refractivity (Wildman–Crippen MR) is 111 cm³/mol. The lowest BCUT2D eigenvalue weighted by Gasteiger charge is -2.29. The lowest BCUT2D eigenvalue weighted by molar-refractivity contribution is 0.0669. The summed E-state index contributed by atoms with van der Waals surface area (Å²) in [5.74, 6) is 0.982. The summed E-state index contributed by atoms with van der Waals surface area (Å²) < 4.78 is 11.0. The first kappa shape index (κ1) is 19.1. The Morgan fingerprint density at radius 3 is 2.45 bits per heavy atom. The maximum Gasteiger partial charge on any atom is 0.291 e. The van der Waals surface area contributed by atoms with Crippen LogP contribution in [0.4, 0.5) is 5.69 Å². The zero-order chi connectivity index (χ0) is 20.4. The number of likely N-dealkylation sites (tertiary alicyclic amines) is 1. The fourth-order valence-electron chi connectivity index (χ4n) is 3.60. The topological polar surface area (TPSA) is 71.8 Å². The highest BCUT2D eigenvalue weighted by molar-refractivity contribution is 6.14. The van der Waals surface area contributed by atoms with Gasteiger partial charge in [-0.1, -0.05) is 19.1 Å². The third-order valence-electron chi connectivity index (χ3n) is 5.45. The van der Waals surface area contributed by atoms with Gasteiger partial charge in [-0.25, -0.2) is 0 Å². The molecule has 0 spiro atoms. The number of ether oxygens (including phenoxy) is 1. The minimum atomic E-state index is -0.305. The van der Waals surface area contributed by atoms with Crippen LogP contribution in [0.25, 0.3) is 11.0 Å². The van der Waals surface area contributed by atoms with E-state index in [1.165, 1.54) is 0 Å². The molecule has 1 aliphatic heterocycles. The molecule has 150 valence electrons. The number of amides is 2. The lowest BCUT2D eigenvalue weighted by Crippen LogP contribution is -2.38. The molecule has 1 fully saturated rings. The second-order valence-corrected chi connectivity index (χ2v) is 7.46. The van der Waals surface area contributed by atoms with Crippen molar-refractivity contribution in [2.75, 3.05) is 25.5 Å². The molecule has 4 rings (SSSR count). The summed E-state index contributed by atoms with van der Waals surface area (Å²) in [7, 11) is 1.58. The first-order chi connectivity index (χ1) is 14.1. The van der Waals surface area contributed by atoms with Gasteiger partial charge in [-0.15, -0.1) is 0 Å². The van der Waals surface area contributed by atoms with Gasteiger partial charge in [-0.2, -0.15) is 0 Å². The van der Waals surface area contributed by atoms with Gasteiger partial charge in [0.05, 0.1) is 7.11 Å². The molecule has 2 amide bonds. The van der Waals surface area contributed by atoms with Crippen LogP contribution in [-0.4, -0.2) is 36.9 Å². The van der Waals surface area contributed by atoms with E-state index >= 15 is 0 Å². The monoisotopic (exact) mass is 392 g/mol. The van der Waals surface area contributed by atoms with Gasteiger partial charge in [0.15, 0.2) is 0 Å². The summed E-state index contributed by atoms with van der Waals surface area (Å²) in [4.78, 5) is 27.8. The van der Waals surface area contributed by atoms with Crippen LogP contribution in [0.5, 0.6) is 5.75 Å². The number of nitrogens with one attached hydrogen (secondary N) is 1. The Kier molecular flexibility index (Phi) is 5.25. The molecular weight excluding hydrogens is 368 g/mol. The number of hydrogen-bond acceptors (Lipinski definition) is 4. The number of piperidine rings is 1. The van der Waals surface area contributed by atoms with Gasteiger partial charge in [-0.3, -0.25) is 9.59 Å². The third kappa shape index (κ3) is 3.83. The van der Waals surface area contributed by atoms with Crippen LogP contribution in [-0.2, 0) is 0 Å². The number of rotatable bonds is 4. The summed E-state index contributed by atoms with van der Waals surface area (Å²) in [6, 6.07) is 14.2. The molecule has 0 aliphatic carbocycles. The number of carbonyl (C=O) groups is 2. The number of methoxy groups -OCH3 is 1. The van der Waals surface area contributed by atoms with Gasteiger partial charge in [0.25, 0.3) is 11.8 Å². The first-order valence-electron chi connectivity index (χ1n) is 9.83. The van der Waals surface area contributed by atoms with E-state index in [0.717, 1.165) is 12.8 Å². The maximum atomic E-state index is 13.2. The minimum absolute atomic E-state index is 0.182. The van der Waals surface area contributed by atoms with E-state index in [-0.39, 0.29) is 17.6 Å². The van der Waals surface area contributed by atoms with Crippen LogP contribution in [0.3, 0.4) is 0 Å². The number of anilines is 1. The van der Waals surface area contributed by atoms with Gasteiger partial charge in [0.1, 0.15) is 17.0 Å². The van der Waals surface area contributed by atoms with E-state index in [9.17, 15) is 9.59 Å². The third-order valence-corrected chi connectivity index (χ3v) is 5.45. The van der Waals surface area contributed by atoms with Crippen LogP contribution in [0.2, 0.25) is 0 Å². The molecule has 0 unspecified atom stereocenters. The van der Waals surface area contributed by atoms with Crippen LogP contribution in [0.15, 0.2) is 52.9 Å². The second kappa shape index (κ2) is 7.99. The normalized spacial score (nSPS) is 14.8. The van der Waals surface area contributed by atoms with Crippen LogP contribution in [0.1, 0.15) is 40.7 Å². The molecule has 6 heteroatoms. The number of benzene rings is 2. The molecule has 0 radical (unpaired) electrons. The van der Waals surface area contributed by atoms with Gasteiger partial charge in [0.2, 0.25) is 5.76 Å². The molecule has 2 heterocycles. The first-order valence-corrected chi connectivity index (χ1v) is 9.83. The van der Waals surface area contributed by atoms with Crippen LogP contribution >= 0.6 is 0 Å². The molecule has 6 nitrogen and oxygen atoms in total. The summed E-state index contributed by atoms with van der Waals surface area (Å²) >= 11 is 0. The van der Waals surface area contributed by atoms with Crippen molar-refractivity contribution in [2.24, 2.45) is 5.92 Å². The number of hydrogen-bond donors (Lipinski definition) is 1. The SMILES string of the molecule is COc1ccc(C(=O)Nc2c(C(=O)N3CCC(C)CC3)oc3ccccc23)cc1. The summed E-state index contributed by atoms with van der Waals surface area (Å²) in [5.41, 5.74) is 1.47. The number of carbonyl (C=O) groups excluding carboxylic acids is 2. The molecule has 1 N–H and O–H groups in total. The quantitative estimate of drug-likeness (QED) is 0.706. The largest absolute Gasteiger partial charge is 0.497 e. The molecule has 1 saturated heterocycles. The smallest absolute Gasteiger partial charge is 0.291 e. The van der Waals surface area contributed by atoms with Crippen molar-refractivity contribution in [1.82, 2.24) is 4.90 Å². The highest BCUT2D eigenvalue weighted by Crippen LogP contribution is 2.33. The zero-order valence-electron chi connectivity index (χ0n) is 16.6. The maximum absolute atomic E-state index is 13.2. The van der Waals surface area contributed by atoms with Crippen molar-refractivity contribution in [3.63, 3.8) is 0 Å². The highest BCUT2D eigenvalue weighted by atomic mass is 16.5. The molecule has 3 aromatic rings. The molecule has 29 heavy (non-hydrogen) atoms. The van der Waals surface area contributed by atoms with Crippen LogP contribution < -0.4 is 10.1 Å². The van der Waals surface area contributed by atoms with Crippen molar-refractivity contribution in [3.8, 4) is 5.75 Å². The van der Waals surface area contributed by atoms with Crippen molar-refractivity contribution in [1.29, 1.82) is 0 Å². The molecule has 0 atom stereocenters. The highest BCUT2D eigenvalue weighted by Gasteiger charge is 2.28. The van der Waals surface area contributed by atoms with Crippen molar-refractivity contribution in [3.05, 3.63) is 59.9 Å². The predicted octanol–water partition coefficient (Wildman–Crippen LogP) is 4.57. The van der Waals surface area contributed by atoms with E-state index in [1.54, 1.807) is 42.3 Å². The Labute approximate surface area is 169 Å². The summed E-state index contributed by atoms with van der Waals surface area (Å²) in [6.45, 7) is 3.59. The van der Waals surface area contributed by atoms with Gasteiger partial charge in [0, 0.05) is 24.0 Å². The standard InChI is InChI=1S/C23H24N2O4/c1-15-11-13-25(14-12-15)23(27)21-20(18-5-3-4-6-19(18)29-21)24-22(26)16-7-9-17(28-2)10-8-16/h3-10,15H,11-14H2,1-2H3,(H,24,26). The Bertz CT molecular complexity index is 1030. The van der Waals surface area contributed by atoms with E-state index in [1.807, 2.05) is 18.2 Å². The molecular formula is C23H24N2O4. The number of para-hydroxylation sites is 1. The molecule has 1 aliphatic rings. The van der Waals surface area contributed by atoms with Gasteiger partial charge < -0.3 is 19.4 Å². The average molecular weight is 392 g/mol. The molecule has 0 saturated carbocycles. The van der Waals surface area contributed by atoms with E-state index in [2.05, 4.69) is 12.2 Å². The number of nitrogens with zero attached hydrogens (tertiary/aromatic N) is 1. The fraction of sp³-hybridized carbons (Fsp3) is 0.304. The molecule has 1 aromatic heterocycles. The van der Waals surface area contributed by atoms with Crippen LogP contribution in [0, 0.1) is 5.92 Å². The van der Waals surface area contributed by atoms with Gasteiger partial charge in [-0.05, 0) is 55.2 Å². The Morgan fingerprint density at radius 1 is 1.07 bits per heavy atom. The van der Waals surface area contributed by atoms with Crippen molar-refractivity contribution < 1.29 is 18.7 Å². The Morgan fingerprint density at radius 2 is 1.76 bits per heavy atom. The van der Waals surface area contributed by atoms with E-state index < -0.39 is 0 Å². The minimum Gasteiger partial charge on any atom is -0.497 e. The van der Waals surface area contributed by atoms with Crippen molar-refractivity contribution in [2.45, 2.75) is 19.8 Å². The van der Waals surface area contributed by atoms with E-state index in [0.29, 0.717) is 47.0 Å². The zero-order valence-corrected chi connectivity index (χ0v) is 16.6. The summed E-state index contributed by atoms with van der Waals surface area (Å²) in [6.07, 6.45) is 1.94. The second-order valence-electron chi connectivity index (χ2n) is 7.46.